The van der Waals surface area contributed by atoms with Gasteiger partial charge in [-0.15, -0.1) is 0 Å². The van der Waals surface area contributed by atoms with E-state index in [-0.39, 0.29) is 23.6 Å². The molecule has 0 aliphatic carbocycles. The highest BCUT2D eigenvalue weighted by molar-refractivity contribution is 8.75. The summed E-state index contributed by atoms with van der Waals surface area (Å²) >= 11 is 0. The summed E-state index contributed by atoms with van der Waals surface area (Å²) in [7, 11) is 1.68. The highest BCUT2D eigenvalue weighted by atomic mass is 33.1. The van der Waals surface area contributed by atoms with Crippen molar-refractivity contribution in [1.82, 2.24) is 8.61 Å². The first-order chi connectivity index (χ1) is 18.0. The fourth-order valence-electron chi connectivity index (χ4n) is 5.38. The van der Waals surface area contributed by atoms with Crippen LogP contribution in [0.25, 0.3) is 0 Å². The van der Waals surface area contributed by atoms with E-state index in [2.05, 4.69) is 6.92 Å². The van der Waals surface area contributed by atoms with E-state index >= 15 is 0 Å². The van der Waals surface area contributed by atoms with Gasteiger partial charge in [-0.05, 0) is 6.42 Å². The molecular weight excluding hydrogens is 504 g/mol. The average Bonchev–Trinajstić information content (AvgIpc) is 3.33. The van der Waals surface area contributed by atoms with Crippen LogP contribution < -0.4 is 0 Å². The van der Waals surface area contributed by atoms with Crippen LogP contribution >= 0.6 is 22.0 Å². The van der Waals surface area contributed by atoms with E-state index in [1.807, 2.05) is 0 Å². The van der Waals surface area contributed by atoms with E-state index in [4.69, 9.17) is 0 Å². The second kappa shape index (κ2) is 16.4. The van der Waals surface area contributed by atoms with Crippen LogP contribution in [0.1, 0.15) is 129 Å². The Bertz CT molecular complexity index is 820. The Hall–Kier alpha value is -1.54. The Labute approximate surface area is 231 Å². The van der Waals surface area contributed by atoms with Crippen LogP contribution in [-0.2, 0) is 19.2 Å². The van der Waals surface area contributed by atoms with Crippen molar-refractivity contribution >= 4 is 45.6 Å². The third-order valence-corrected chi connectivity index (χ3v) is 9.75. The number of hydrogen-bond acceptors (Lipinski definition) is 6. The van der Waals surface area contributed by atoms with Crippen molar-refractivity contribution in [1.29, 1.82) is 0 Å². The molecule has 0 radical (unpaired) electrons. The molecule has 3 rings (SSSR count). The second-order valence-electron chi connectivity index (χ2n) is 10.6. The van der Waals surface area contributed by atoms with Crippen molar-refractivity contribution in [2.45, 2.75) is 129 Å². The Kier molecular flexibility index (Phi) is 13.3. The summed E-state index contributed by atoms with van der Waals surface area (Å²) in [4.78, 5) is 50.0. The Balaban J connectivity index is 1.24. The molecule has 3 aliphatic heterocycles. The third kappa shape index (κ3) is 9.02. The lowest BCUT2D eigenvalue weighted by Crippen LogP contribution is -2.25. The molecule has 4 amide bonds. The molecule has 0 spiro atoms. The van der Waals surface area contributed by atoms with Crippen molar-refractivity contribution in [3.05, 3.63) is 23.3 Å². The van der Waals surface area contributed by atoms with Crippen molar-refractivity contribution in [3.8, 4) is 0 Å². The molecule has 0 saturated carbocycles. The van der Waals surface area contributed by atoms with E-state index in [9.17, 15) is 19.2 Å². The van der Waals surface area contributed by atoms with Crippen LogP contribution in [0.4, 0.5) is 0 Å². The van der Waals surface area contributed by atoms with Crippen LogP contribution in [-0.4, -0.2) is 32.2 Å². The number of nitrogens with zero attached hydrogens (tertiary/aromatic N) is 2. The lowest BCUT2D eigenvalue weighted by molar-refractivity contribution is -0.132. The van der Waals surface area contributed by atoms with E-state index in [0.29, 0.717) is 17.6 Å². The number of rotatable bonds is 19. The lowest BCUT2D eigenvalue weighted by Gasteiger charge is -2.17. The van der Waals surface area contributed by atoms with E-state index < -0.39 is 5.92 Å². The molecule has 0 aromatic heterocycles. The molecule has 0 aromatic rings. The number of unbranched alkanes of at least 4 members (excludes halogenated alkanes) is 17. The van der Waals surface area contributed by atoms with Crippen LogP contribution in [0, 0.1) is 5.92 Å². The maximum atomic E-state index is 12.8. The van der Waals surface area contributed by atoms with Gasteiger partial charge in [-0.2, -0.15) is 0 Å². The molecule has 1 fully saturated rings. The number of carbonyl (C=O) groups is 4. The van der Waals surface area contributed by atoms with Gasteiger partial charge < -0.3 is 0 Å². The Morgan fingerprint density at radius 2 is 0.865 bits per heavy atom. The van der Waals surface area contributed by atoms with Gasteiger partial charge in [0.15, 0.2) is 0 Å². The van der Waals surface area contributed by atoms with Crippen LogP contribution in [0.3, 0.4) is 0 Å². The van der Waals surface area contributed by atoms with Crippen molar-refractivity contribution < 1.29 is 19.2 Å². The second-order valence-corrected chi connectivity index (χ2v) is 12.5. The highest BCUT2D eigenvalue weighted by Crippen LogP contribution is 2.44. The minimum atomic E-state index is -0.483. The minimum Gasteiger partial charge on any atom is -0.268 e. The zero-order valence-electron chi connectivity index (χ0n) is 22.5. The number of amides is 4. The first-order valence-corrected chi connectivity index (χ1v) is 16.7. The molecule has 4 bridgehead atoms. The molecule has 0 unspecified atom stereocenters. The molecule has 37 heavy (non-hydrogen) atoms. The van der Waals surface area contributed by atoms with Gasteiger partial charge in [0.05, 0.1) is 22.0 Å². The molecular formula is C29H44N2O4S2. The minimum absolute atomic E-state index is 0.348. The number of hydrogen-bond donors (Lipinski definition) is 0. The fraction of sp³-hybridized carbons (Fsp3) is 0.724. The molecule has 0 atom stereocenters. The summed E-state index contributed by atoms with van der Waals surface area (Å²) < 4.78 is 2.09. The number of fused-ring (bicyclic) bond motifs is 4. The van der Waals surface area contributed by atoms with Crippen molar-refractivity contribution in [2.75, 3.05) is 0 Å². The molecule has 3 aliphatic rings. The van der Waals surface area contributed by atoms with Crippen LogP contribution in [0.2, 0.25) is 0 Å². The standard InChI is InChI=1S/C29H44N2O4S2/c1-2-3-4-5-6-7-8-9-10-11-12-13-14-15-16-17-18-19-20-23-24-21-26(32)30(28(24)34)36-37-31-27(33)22-25(23)29(31)35/h21-23H,2-20H2,1H3. The molecule has 206 valence electrons. The normalized spacial score (nSPS) is 17.9. The van der Waals surface area contributed by atoms with Crippen LogP contribution in [0.15, 0.2) is 23.3 Å². The topological polar surface area (TPSA) is 74.8 Å². The maximum Gasteiger partial charge on any atom is 0.268 e. The Morgan fingerprint density at radius 1 is 0.541 bits per heavy atom. The van der Waals surface area contributed by atoms with Crippen molar-refractivity contribution in [3.63, 3.8) is 0 Å². The monoisotopic (exact) mass is 548 g/mol. The summed E-state index contributed by atoms with van der Waals surface area (Å²) in [5, 5.41) is 0. The smallest absolute Gasteiger partial charge is 0.268 e. The van der Waals surface area contributed by atoms with Gasteiger partial charge in [0.25, 0.3) is 23.6 Å². The summed E-state index contributed by atoms with van der Waals surface area (Å²) in [5.74, 6) is -1.97. The van der Waals surface area contributed by atoms with Crippen LogP contribution in [0.5, 0.6) is 0 Å². The van der Waals surface area contributed by atoms with Gasteiger partial charge in [-0.25, -0.2) is 8.61 Å². The number of imide groups is 2. The van der Waals surface area contributed by atoms with Gasteiger partial charge >= 0.3 is 0 Å². The molecule has 0 aromatic carbocycles. The number of carbonyl (C=O) groups excluding carboxylic acids is 4. The zero-order valence-corrected chi connectivity index (χ0v) is 24.1. The van der Waals surface area contributed by atoms with E-state index in [0.717, 1.165) is 49.8 Å². The van der Waals surface area contributed by atoms with Gasteiger partial charge in [-0.3, -0.25) is 19.2 Å². The first-order valence-electron chi connectivity index (χ1n) is 14.6. The summed E-state index contributed by atoms with van der Waals surface area (Å²) in [6.07, 6.45) is 26.7. The first kappa shape index (κ1) is 30.0. The molecule has 1 saturated heterocycles. The van der Waals surface area contributed by atoms with E-state index in [1.165, 1.54) is 108 Å². The van der Waals surface area contributed by atoms with E-state index in [1.54, 1.807) is 0 Å². The SMILES string of the molecule is CCCCCCCCCCCCCCCCCCCCC1C2=CC(=O)N(SSN3C(=O)C=C1C3=O)C2=O. The van der Waals surface area contributed by atoms with Gasteiger partial charge in [0.1, 0.15) is 0 Å². The Morgan fingerprint density at radius 3 is 1.22 bits per heavy atom. The maximum absolute atomic E-state index is 12.8. The van der Waals surface area contributed by atoms with Gasteiger partial charge in [0.2, 0.25) is 0 Å². The summed E-state index contributed by atoms with van der Waals surface area (Å²) in [6, 6.07) is 0. The van der Waals surface area contributed by atoms with Gasteiger partial charge in [-0.1, -0.05) is 122 Å². The quantitative estimate of drug-likeness (QED) is 0.0708. The predicted molar refractivity (Wildman–Crippen MR) is 152 cm³/mol. The predicted octanol–water partition coefficient (Wildman–Crippen LogP) is 7.85. The fourth-order valence-corrected chi connectivity index (χ4v) is 7.36. The third-order valence-electron chi connectivity index (χ3n) is 7.60. The highest BCUT2D eigenvalue weighted by Gasteiger charge is 2.45. The molecule has 0 N–H and O–H groups in total. The molecule has 3 heterocycles. The van der Waals surface area contributed by atoms with Crippen molar-refractivity contribution in [2.24, 2.45) is 5.92 Å². The largest absolute Gasteiger partial charge is 0.268 e. The van der Waals surface area contributed by atoms with Gasteiger partial charge in [0, 0.05) is 29.2 Å². The summed E-state index contributed by atoms with van der Waals surface area (Å²) in [5.41, 5.74) is 0.697. The average molecular weight is 549 g/mol. The molecule has 8 heteroatoms. The molecule has 6 nitrogen and oxygen atoms in total. The zero-order chi connectivity index (χ0) is 26.5. The summed E-state index contributed by atoms with van der Waals surface area (Å²) in [6.45, 7) is 2.27. The lowest BCUT2D eigenvalue weighted by atomic mass is 9.86.